The van der Waals surface area contributed by atoms with E-state index >= 15 is 0 Å². The third kappa shape index (κ3) is 3.12. The Morgan fingerprint density at radius 3 is 2.83 bits per heavy atom. The van der Waals surface area contributed by atoms with Crippen LogP contribution in [0.3, 0.4) is 0 Å². The van der Waals surface area contributed by atoms with Crippen molar-refractivity contribution in [2.24, 2.45) is 0 Å². The molecule has 1 fully saturated rings. The quantitative estimate of drug-likeness (QED) is 0.734. The van der Waals surface area contributed by atoms with E-state index in [2.05, 4.69) is 32.0 Å². The lowest BCUT2D eigenvalue weighted by molar-refractivity contribution is -0.117. The fourth-order valence-electron chi connectivity index (χ4n) is 2.51. The summed E-state index contributed by atoms with van der Waals surface area (Å²) in [5.41, 5.74) is 2.48. The first kappa shape index (κ1) is 13.1. The largest absolute Gasteiger partial charge is 0.493 e. The molecule has 0 aliphatic heterocycles. The number of Topliss-reactive ketones (excluding diaryl/α,β-unsaturated/α-hetero) is 1. The minimum absolute atomic E-state index is 0.404. The Balaban J connectivity index is 2.02. The van der Waals surface area contributed by atoms with E-state index in [0.29, 0.717) is 11.7 Å². The molecule has 98 valence electrons. The van der Waals surface area contributed by atoms with E-state index < -0.39 is 0 Å². The lowest BCUT2D eigenvalue weighted by Gasteiger charge is -2.13. The molecule has 1 aromatic carbocycles. The smallest absolute Gasteiger partial charge is 0.133 e. The second-order valence-electron chi connectivity index (χ2n) is 5.21. The molecule has 2 nitrogen and oxygen atoms in total. The predicted molar refractivity (Wildman–Crippen MR) is 73.2 cm³/mol. The normalized spacial score (nSPS) is 19.2. The van der Waals surface area contributed by atoms with Crippen LogP contribution in [0, 0.1) is 6.92 Å². The number of hydrogen-bond donors (Lipinski definition) is 0. The highest BCUT2D eigenvalue weighted by molar-refractivity contribution is 5.81. The van der Waals surface area contributed by atoms with Crippen LogP contribution in [0.5, 0.6) is 5.75 Å². The number of benzene rings is 1. The van der Waals surface area contributed by atoms with Gasteiger partial charge in [-0.1, -0.05) is 25.5 Å². The van der Waals surface area contributed by atoms with Crippen LogP contribution in [-0.2, 0) is 4.79 Å². The molecule has 0 aromatic heterocycles. The van der Waals surface area contributed by atoms with E-state index in [1.807, 2.05) is 0 Å². The third-order valence-electron chi connectivity index (χ3n) is 3.67. The number of ether oxygens (including phenoxy) is 1. The summed E-state index contributed by atoms with van der Waals surface area (Å²) in [6.07, 6.45) is 4.72. The van der Waals surface area contributed by atoms with Crippen LogP contribution in [0.25, 0.3) is 0 Å². The highest BCUT2D eigenvalue weighted by Gasteiger charge is 2.23. The van der Waals surface area contributed by atoms with Gasteiger partial charge in [-0.2, -0.15) is 0 Å². The summed E-state index contributed by atoms with van der Waals surface area (Å²) in [4.78, 5) is 11.3. The second-order valence-corrected chi connectivity index (χ2v) is 5.21. The molecule has 0 heterocycles. The van der Waals surface area contributed by atoms with Crippen LogP contribution in [0.2, 0.25) is 0 Å². The predicted octanol–water partition coefficient (Wildman–Crippen LogP) is 4.01. The first-order valence-corrected chi connectivity index (χ1v) is 6.95. The van der Waals surface area contributed by atoms with Crippen molar-refractivity contribution in [2.75, 3.05) is 6.61 Å². The molecule has 1 aliphatic rings. The Morgan fingerprint density at radius 2 is 2.22 bits per heavy atom. The van der Waals surface area contributed by atoms with Crippen LogP contribution in [0.15, 0.2) is 18.2 Å². The van der Waals surface area contributed by atoms with Crippen LogP contribution in [0.1, 0.15) is 56.1 Å². The Morgan fingerprint density at radius 1 is 1.39 bits per heavy atom. The summed E-state index contributed by atoms with van der Waals surface area (Å²) in [6, 6.07) is 6.37. The Kier molecular flexibility index (Phi) is 4.40. The fraction of sp³-hybridized carbons (Fsp3) is 0.562. The van der Waals surface area contributed by atoms with Crippen molar-refractivity contribution in [1.29, 1.82) is 0 Å². The molecular formula is C16H22O2. The van der Waals surface area contributed by atoms with Crippen LogP contribution in [0.4, 0.5) is 0 Å². The van der Waals surface area contributed by atoms with Crippen molar-refractivity contribution >= 4 is 5.78 Å². The molecule has 1 atom stereocenters. The molecule has 0 spiro atoms. The Labute approximate surface area is 109 Å². The average Bonchev–Trinajstić information content (AvgIpc) is 2.78. The monoisotopic (exact) mass is 246 g/mol. The molecule has 1 saturated carbocycles. The minimum atomic E-state index is 0.404. The van der Waals surface area contributed by atoms with E-state index in [1.165, 1.54) is 11.1 Å². The Bertz CT molecular complexity index is 423. The number of hydrogen-bond acceptors (Lipinski definition) is 2. The van der Waals surface area contributed by atoms with Gasteiger partial charge in [0.2, 0.25) is 0 Å². The summed E-state index contributed by atoms with van der Waals surface area (Å²) < 4.78 is 5.75. The first-order chi connectivity index (χ1) is 8.70. The fourth-order valence-corrected chi connectivity index (χ4v) is 2.51. The third-order valence-corrected chi connectivity index (χ3v) is 3.67. The molecule has 2 rings (SSSR count). The number of aryl methyl sites for hydroxylation is 1. The molecule has 0 radical (unpaired) electrons. The van der Waals surface area contributed by atoms with Gasteiger partial charge >= 0.3 is 0 Å². The van der Waals surface area contributed by atoms with E-state index in [1.54, 1.807) is 0 Å². The van der Waals surface area contributed by atoms with Crippen molar-refractivity contribution in [3.05, 3.63) is 29.3 Å². The zero-order valence-electron chi connectivity index (χ0n) is 11.4. The summed E-state index contributed by atoms with van der Waals surface area (Å²) in [5.74, 6) is 1.82. The Hall–Kier alpha value is -1.31. The van der Waals surface area contributed by atoms with Gasteiger partial charge in [0.15, 0.2) is 0 Å². The number of ketones is 1. The SMILES string of the molecule is CCCCOc1ccc([C@@H]2CCC(=O)C2)cc1C. The molecular weight excluding hydrogens is 224 g/mol. The summed E-state index contributed by atoms with van der Waals surface area (Å²) in [5, 5.41) is 0. The van der Waals surface area contributed by atoms with Crippen molar-refractivity contribution in [2.45, 2.75) is 51.9 Å². The van der Waals surface area contributed by atoms with Crippen molar-refractivity contribution in [3.8, 4) is 5.75 Å². The lowest BCUT2D eigenvalue weighted by Crippen LogP contribution is -2.00. The maximum absolute atomic E-state index is 11.3. The molecule has 0 bridgehead atoms. The molecule has 0 amide bonds. The van der Waals surface area contributed by atoms with Crippen LogP contribution >= 0.6 is 0 Å². The van der Waals surface area contributed by atoms with Gasteiger partial charge in [0.05, 0.1) is 6.61 Å². The molecule has 0 unspecified atom stereocenters. The van der Waals surface area contributed by atoms with E-state index in [4.69, 9.17) is 4.74 Å². The second kappa shape index (κ2) is 6.03. The molecule has 0 saturated heterocycles. The summed E-state index contributed by atoms with van der Waals surface area (Å²) in [6.45, 7) is 5.04. The van der Waals surface area contributed by atoms with E-state index in [-0.39, 0.29) is 0 Å². The van der Waals surface area contributed by atoms with Gasteiger partial charge in [-0.3, -0.25) is 4.79 Å². The number of carbonyl (C=O) groups excluding carboxylic acids is 1. The maximum Gasteiger partial charge on any atom is 0.133 e. The highest BCUT2D eigenvalue weighted by Crippen LogP contribution is 2.34. The van der Waals surface area contributed by atoms with E-state index in [0.717, 1.165) is 44.5 Å². The van der Waals surface area contributed by atoms with Crippen molar-refractivity contribution < 1.29 is 9.53 Å². The van der Waals surface area contributed by atoms with Gasteiger partial charge in [-0.25, -0.2) is 0 Å². The highest BCUT2D eigenvalue weighted by atomic mass is 16.5. The zero-order chi connectivity index (χ0) is 13.0. The van der Waals surface area contributed by atoms with Gasteiger partial charge in [0.1, 0.15) is 11.5 Å². The van der Waals surface area contributed by atoms with Gasteiger partial charge in [-0.15, -0.1) is 0 Å². The van der Waals surface area contributed by atoms with E-state index in [9.17, 15) is 4.79 Å². The topological polar surface area (TPSA) is 26.3 Å². The zero-order valence-corrected chi connectivity index (χ0v) is 11.4. The lowest BCUT2D eigenvalue weighted by atomic mass is 9.96. The van der Waals surface area contributed by atoms with Crippen molar-refractivity contribution in [1.82, 2.24) is 0 Å². The van der Waals surface area contributed by atoms with Crippen LogP contribution < -0.4 is 4.74 Å². The van der Waals surface area contributed by atoms with Gasteiger partial charge in [-0.05, 0) is 42.9 Å². The number of unbranched alkanes of at least 4 members (excludes halogenated alkanes) is 1. The average molecular weight is 246 g/mol. The summed E-state index contributed by atoms with van der Waals surface area (Å²) >= 11 is 0. The molecule has 18 heavy (non-hydrogen) atoms. The first-order valence-electron chi connectivity index (χ1n) is 6.95. The molecule has 1 aliphatic carbocycles. The number of carbonyl (C=O) groups is 1. The molecule has 0 N–H and O–H groups in total. The van der Waals surface area contributed by atoms with Crippen molar-refractivity contribution in [3.63, 3.8) is 0 Å². The van der Waals surface area contributed by atoms with Gasteiger partial charge in [0.25, 0.3) is 0 Å². The van der Waals surface area contributed by atoms with Gasteiger partial charge in [0, 0.05) is 12.8 Å². The molecule has 2 heteroatoms. The van der Waals surface area contributed by atoms with Crippen LogP contribution in [-0.4, -0.2) is 12.4 Å². The number of rotatable bonds is 5. The minimum Gasteiger partial charge on any atom is -0.493 e. The standard InChI is InChI=1S/C16H22O2/c1-3-4-9-18-16-8-6-13(10-12(16)2)14-5-7-15(17)11-14/h6,8,10,14H,3-5,7,9,11H2,1-2H3/t14-/m1/s1. The van der Waals surface area contributed by atoms with Gasteiger partial charge < -0.3 is 4.74 Å². The summed E-state index contributed by atoms with van der Waals surface area (Å²) in [7, 11) is 0. The molecule has 1 aromatic rings. The maximum atomic E-state index is 11.3.